The average Bonchev–Trinajstić information content (AvgIpc) is 3.20. The van der Waals surface area contributed by atoms with Crippen molar-refractivity contribution in [2.75, 3.05) is 6.61 Å². The van der Waals surface area contributed by atoms with Gasteiger partial charge in [-0.15, -0.1) is 11.3 Å². The molecule has 4 rings (SSSR count). The molecule has 0 radical (unpaired) electrons. The number of benzene rings is 3. The molecule has 0 spiro atoms. The highest BCUT2D eigenvalue weighted by atomic mass is 32.1. The van der Waals surface area contributed by atoms with Crippen LogP contribution in [0.3, 0.4) is 0 Å². The molecular weight excluding hydrogens is 468 g/mol. The van der Waals surface area contributed by atoms with Gasteiger partial charge in [0.25, 0.3) is 0 Å². The summed E-state index contributed by atoms with van der Waals surface area (Å²) >= 11 is 1.64. The van der Waals surface area contributed by atoms with Crippen LogP contribution in [0.15, 0.2) is 72.8 Å². The van der Waals surface area contributed by atoms with Gasteiger partial charge in [0, 0.05) is 10.1 Å². The maximum absolute atomic E-state index is 12.5. The van der Waals surface area contributed by atoms with Crippen LogP contribution in [-0.4, -0.2) is 17.7 Å². The normalized spacial score (nSPS) is 12.0. The lowest BCUT2D eigenvalue weighted by Crippen LogP contribution is -2.25. The first-order chi connectivity index (χ1) is 17.2. The molecule has 4 nitrogen and oxygen atoms in total. The molecule has 186 valence electrons. The fourth-order valence-corrected chi connectivity index (χ4v) is 5.02. The Morgan fingerprint density at radius 1 is 1.00 bits per heavy atom. The maximum Gasteiger partial charge on any atom is 0.316 e. The van der Waals surface area contributed by atoms with E-state index in [2.05, 4.69) is 32.0 Å². The van der Waals surface area contributed by atoms with Gasteiger partial charge in [0.1, 0.15) is 11.5 Å². The van der Waals surface area contributed by atoms with E-state index in [4.69, 9.17) is 14.6 Å². The third-order valence-corrected chi connectivity index (χ3v) is 6.95. The van der Waals surface area contributed by atoms with Crippen molar-refractivity contribution < 1.29 is 19.4 Å². The minimum absolute atomic E-state index is 0.00478. The molecule has 0 aliphatic heterocycles. The second kappa shape index (κ2) is 10.7. The van der Waals surface area contributed by atoms with Crippen LogP contribution in [0.4, 0.5) is 0 Å². The third-order valence-electron chi connectivity index (χ3n) is 5.78. The number of hydrogen-bond donors (Lipinski definition) is 1. The summed E-state index contributed by atoms with van der Waals surface area (Å²) < 4.78 is 13.2. The Balaban J connectivity index is 1.81. The van der Waals surface area contributed by atoms with Gasteiger partial charge in [-0.05, 0) is 73.7 Å². The minimum Gasteiger partial charge on any atom is -0.455 e. The zero-order valence-electron chi connectivity index (χ0n) is 21.4. The molecule has 0 fully saturated rings. The number of aliphatic hydroxyl groups excluding tert-OH is 1. The topological polar surface area (TPSA) is 55.8 Å². The third kappa shape index (κ3) is 5.69. The molecule has 0 aliphatic rings. The second-order valence-corrected chi connectivity index (χ2v) is 11.1. The van der Waals surface area contributed by atoms with E-state index in [1.807, 2.05) is 75.4 Å². The van der Waals surface area contributed by atoms with Crippen LogP contribution in [0.5, 0.6) is 17.2 Å². The number of carbonyl (C=O) groups is 1. The predicted molar refractivity (Wildman–Crippen MR) is 149 cm³/mol. The van der Waals surface area contributed by atoms with Crippen molar-refractivity contribution in [3.05, 3.63) is 83.9 Å². The van der Waals surface area contributed by atoms with E-state index in [9.17, 15) is 4.79 Å². The van der Waals surface area contributed by atoms with Crippen molar-refractivity contribution >= 4 is 33.5 Å². The molecule has 1 heterocycles. The van der Waals surface area contributed by atoms with E-state index in [-0.39, 0.29) is 12.6 Å². The molecule has 0 bridgehead atoms. The molecule has 0 aliphatic carbocycles. The molecule has 0 amide bonds. The molecule has 36 heavy (non-hydrogen) atoms. The van der Waals surface area contributed by atoms with Gasteiger partial charge in [-0.1, -0.05) is 62.4 Å². The predicted octanol–water partition coefficient (Wildman–Crippen LogP) is 8.44. The van der Waals surface area contributed by atoms with E-state index in [0.29, 0.717) is 11.7 Å². The molecule has 5 heteroatoms. The zero-order valence-corrected chi connectivity index (χ0v) is 22.2. The van der Waals surface area contributed by atoms with Gasteiger partial charge in [0.2, 0.25) is 0 Å². The zero-order chi connectivity index (χ0) is 25.9. The van der Waals surface area contributed by atoms with Crippen LogP contribution >= 0.6 is 11.3 Å². The first kappa shape index (κ1) is 25.7. The first-order valence-electron chi connectivity index (χ1n) is 12.1. The van der Waals surface area contributed by atoms with Crippen molar-refractivity contribution in [3.8, 4) is 27.7 Å². The highest BCUT2D eigenvalue weighted by molar-refractivity contribution is 7.22. The van der Waals surface area contributed by atoms with Gasteiger partial charge < -0.3 is 14.6 Å². The molecule has 4 aromatic rings. The van der Waals surface area contributed by atoms with Gasteiger partial charge in [0.05, 0.1) is 16.9 Å². The van der Waals surface area contributed by atoms with Gasteiger partial charge in [-0.2, -0.15) is 0 Å². The Morgan fingerprint density at radius 3 is 2.36 bits per heavy atom. The van der Waals surface area contributed by atoms with Gasteiger partial charge in [0.15, 0.2) is 5.75 Å². The summed E-state index contributed by atoms with van der Waals surface area (Å²) in [5.74, 6) is 2.12. The number of aliphatic hydroxyl groups is 1. The SMILES string of the molecule is CC(C)c1ccccc1-c1sc2cc(OC(=O)C(C)(C)C)ccc2c1Oc1ccc(/C=C/CO)cc1. The Hall–Kier alpha value is -3.41. The van der Waals surface area contributed by atoms with Gasteiger partial charge >= 0.3 is 5.97 Å². The van der Waals surface area contributed by atoms with Crippen LogP contribution in [0.25, 0.3) is 26.6 Å². The van der Waals surface area contributed by atoms with Crippen molar-refractivity contribution in [1.82, 2.24) is 0 Å². The maximum atomic E-state index is 12.5. The average molecular weight is 501 g/mol. The summed E-state index contributed by atoms with van der Waals surface area (Å²) in [6, 6.07) is 21.9. The number of thiophene rings is 1. The Kier molecular flexibility index (Phi) is 7.62. The quantitative estimate of drug-likeness (QED) is 0.204. The number of rotatable bonds is 7. The lowest BCUT2D eigenvalue weighted by Gasteiger charge is -2.16. The summed E-state index contributed by atoms with van der Waals surface area (Å²) in [4.78, 5) is 13.5. The Labute approximate surface area is 216 Å². The fraction of sp³-hybridized carbons (Fsp3) is 0.258. The molecule has 0 saturated heterocycles. The highest BCUT2D eigenvalue weighted by Gasteiger charge is 2.25. The number of carbonyl (C=O) groups excluding carboxylic acids is 1. The molecule has 1 aromatic heterocycles. The Bertz CT molecular complexity index is 1390. The van der Waals surface area contributed by atoms with Crippen molar-refractivity contribution in [2.45, 2.75) is 40.5 Å². The lowest BCUT2D eigenvalue weighted by molar-refractivity contribution is -0.142. The van der Waals surface area contributed by atoms with E-state index >= 15 is 0 Å². The molecule has 0 unspecified atom stereocenters. The standard InChI is InChI=1S/C31H32O4S/c1-20(2)24-10-6-7-11-25(24)29-28(34-22-14-12-21(13-15-22)9-8-18-32)26-17-16-23(19-27(26)36-29)35-30(33)31(3,4)5/h6-17,19-20,32H,18H2,1-5H3/b9-8+. The van der Waals surface area contributed by atoms with Crippen LogP contribution in [0.2, 0.25) is 0 Å². The molecule has 1 N–H and O–H groups in total. The van der Waals surface area contributed by atoms with Crippen LogP contribution in [0.1, 0.15) is 51.7 Å². The summed E-state index contributed by atoms with van der Waals surface area (Å²) in [7, 11) is 0. The first-order valence-corrected chi connectivity index (χ1v) is 12.9. The van der Waals surface area contributed by atoms with E-state index in [0.717, 1.165) is 37.6 Å². The molecule has 0 saturated carbocycles. The smallest absolute Gasteiger partial charge is 0.316 e. The summed E-state index contributed by atoms with van der Waals surface area (Å²) in [6.07, 6.45) is 3.57. The summed E-state index contributed by atoms with van der Waals surface area (Å²) in [6.45, 7) is 9.92. The summed E-state index contributed by atoms with van der Waals surface area (Å²) in [5.41, 5.74) is 2.79. The highest BCUT2D eigenvalue weighted by Crippen LogP contribution is 2.49. The Morgan fingerprint density at radius 2 is 1.69 bits per heavy atom. The number of hydrogen-bond acceptors (Lipinski definition) is 5. The van der Waals surface area contributed by atoms with E-state index in [1.54, 1.807) is 17.4 Å². The molecule has 0 atom stereocenters. The van der Waals surface area contributed by atoms with Gasteiger partial charge in [-0.25, -0.2) is 0 Å². The monoisotopic (exact) mass is 500 g/mol. The van der Waals surface area contributed by atoms with Gasteiger partial charge in [-0.3, -0.25) is 4.79 Å². The molecular formula is C31H32O4S. The minimum atomic E-state index is -0.585. The van der Waals surface area contributed by atoms with Crippen molar-refractivity contribution in [2.24, 2.45) is 5.41 Å². The summed E-state index contributed by atoms with van der Waals surface area (Å²) in [5, 5.41) is 9.99. The van der Waals surface area contributed by atoms with Crippen LogP contribution in [-0.2, 0) is 4.79 Å². The van der Waals surface area contributed by atoms with Crippen molar-refractivity contribution in [1.29, 1.82) is 0 Å². The van der Waals surface area contributed by atoms with E-state index < -0.39 is 5.41 Å². The van der Waals surface area contributed by atoms with Crippen molar-refractivity contribution in [3.63, 3.8) is 0 Å². The van der Waals surface area contributed by atoms with E-state index in [1.165, 1.54) is 5.56 Å². The van der Waals surface area contributed by atoms with Crippen LogP contribution < -0.4 is 9.47 Å². The second-order valence-electron chi connectivity index (χ2n) is 10.1. The fourth-order valence-electron chi connectivity index (χ4n) is 3.82. The number of ether oxygens (including phenoxy) is 2. The molecule has 3 aromatic carbocycles. The van der Waals surface area contributed by atoms with Crippen LogP contribution in [0, 0.1) is 5.41 Å². The lowest BCUT2D eigenvalue weighted by atomic mass is 9.96. The largest absolute Gasteiger partial charge is 0.455 e. The number of esters is 1. The number of fused-ring (bicyclic) bond motifs is 1.